The average molecular weight is 335 g/mol. The molecular weight excluding hydrogens is 324 g/mol. The van der Waals surface area contributed by atoms with Crippen molar-refractivity contribution in [3.8, 4) is 0 Å². The second-order valence-corrected chi connectivity index (χ2v) is 6.62. The molecule has 0 atom stereocenters. The van der Waals surface area contributed by atoms with Gasteiger partial charge in [-0.25, -0.2) is 0 Å². The molecule has 0 aliphatic rings. The first-order valence-electron chi connectivity index (χ1n) is 5.48. The number of rotatable bonds is 6. The smallest absolute Gasteiger partial charge is 0.358 e. The number of aryl methyl sites for hydroxylation is 1. The largest absolute Gasteiger partial charge is 0.408 e. The number of aromatic nitrogens is 4. The summed E-state index contributed by atoms with van der Waals surface area (Å²) in [6.07, 6.45) is 1.45. The Morgan fingerprint density at radius 3 is 2.85 bits per heavy atom. The Labute approximate surface area is 127 Å². The van der Waals surface area contributed by atoms with Gasteiger partial charge in [-0.05, 0) is 4.92 Å². The van der Waals surface area contributed by atoms with Gasteiger partial charge in [0.1, 0.15) is 0 Å². The predicted octanol–water partition coefficient (Wildman–Crippen LogP) is 2.15. The lowest BCUT2D eigenvalue weighted by atomic mass is 10.6. The van der Waals surface area contributed by atoms with Crippen molar-refractivity contribution < 1.29 is 4.92 Å². The van der Waals surface area contributed by atoms with E-state index in [1.807, 2.05) is 19.0 Å². The summed E-state index contributed by atoms with van der Waals surface area (Å²) in [5.74, 6) is 0.361. The molecule has 20 heavy (non-hydrogen) atoms. The fraction of sp³-hybridized carbons (Fsp3) is 0.444. The molecule has 0 radical (unpaired) electrons. The molecule has 0 fully saturated rings. The molecule has 2 heterocycles. The van der Waals surface area contributed by atoms with E-state index in [1.54, 1.807) is 0 Å². The van der Waals surface area contributed by atoms with Gasteiger partial charge in [-0.2, -0.15) is 4.68 Å². The van der Waals surface area contributed by atoms with E-state index in [9.17, 15) is 10.1 Å². The normalized spacial score (nSPS) is 10.8. The van der Waals surface area contributed by atoms with Gasteiger partial charge in [0.05, 0.1) is 17.8 Å². The first-order chi connectivity index (χ1) is 9.47. The zero-order valence-electron chi connectivity index (χ0n) is 10.7. The molecule has 8 nitrogen and oxygen atoms in total. The van der Waals surface area contributed by atoms with Gasteiger partial charge in [-0.15, -0.1) is 10.2 Å². The van der Waals surface area contributed by atoms with Crippen molar-refractivity contribution >= 4 is 45.6 Å². The number of thioether (sulfide) groups is 1. The molecule has 0 amide bonds. The molecule has 108 valence electrons. The topological polar surface area (TPSA) is 90.0 Å². The Kier molecular flexibility index (Phi) is 4.78. The minimum Gasteiger partial charge on any atom is -0.358 e. The van der Waals surface area contributed by atoms with Crippen LogP contribution in [0.2, 0.25) is 5.02 Å². The molecule has 0 spiro atoms. The monoisotopic (exact) mass is 334 g/mol. The summed E-state index contributed by atoms with van der Waals surface area (Å²) in [7, 11) is 3.81. The molecule has 0 N–H and O–H groups in total. The molecular formula is C9H11ClN6O2S2. The van der Waals surface area contributed by atoms with Crippen LogP contribution in [0, 0.1) is 10.1 Å². The Morgan fingerprint density at radius 2 is 2.30 bits per heavy atom. The van der Waals surface area contributed by atoms with Crippen molar-refractivity contribution in [1.29, 1.82) is 0 Å². The molecule has 0 saturated heterocycles. The molecule has 2 aromatic heterocycles. The van der Waals surface area contributed by atoms with Crippen LogP contribution in [0.3, 0.4) is 0 Å². The number of halogens is 1. The van der Waals surface area contributed by atoms with E-state index in [4.69, 9.17) is 11.6 Å². The van der Waals surface area contributed by atoms with Crippen molar-refractivity contribution in [1.82, 2.24) is 20.0 Å². The van der Waals surface area contributed by atoms with Gasteiger partial charge in [0.15, 0.2) is 9.36 Å². The molecule has 11 heteroatoms. The van der Waals surface area contributed by atoms with Crippen LogP contribution < -0.4 is 4.90 Å². The minimum atomic E-state index is -0.597. The van der Waals surface area contributed by atoms with Crippen molar-refractivity contribution in [2.24, 2.45) is 0 Å². The number of hydrogen-bond acceptors (Lipinski definition) is 8. The molecule has 0 aromatic carbocycles. The number of nitro groups is 1. The summed E-state index contributed by atoms with van der Waals surface area (Å²) in [6.45, 7) is 0.509. The standard InChI is InChI=1S/C9H11ClN6O2S2/c1-14(2)8-11-12-9(20-8)19-4-3-15-5-6(10)7(13-15)16(17)18/h5H,3-4H2,1-2H3. The lowest BCUT2D eigenvalue weighted by Crippen LogP contribution is -2.07. The maximum absolute atomic E-state index is 10.6. The zero-order chi connectivity index (χ0) is 14.7. The average Bonchev–Trinajstić information content (AvgIpc) is 2.96. The van der Waals surface area contributed by atoms with Gasteiger partial charge in [-0.1, -0.05) is 34.7 Å². The third kappa shape index (κ3) is 3.58. The predicted molar refractivity (Wildman–Crippen MR) is 78.9 cm³/mol. The fourth-order valence-electron chi connectivity index (χ4n) is 1.29. The van der Waals surface area contributed by atoms with Crippen LogP contribution in [0.5, 0.6) is 0 Å². The van der Waals surface area contributed by atoms with Crippen LogP contribution in [0.25, 0.3) is 0 Å². The highest BCUT2D eigenvalue weighted by atomic mass is 35.5. The molecule has 0 bridgehead atoms. The number of anilines is 1. The summed E-state index contributed by atoms with van der Waals surface area (Å²) in [5, 5.41) is 23.4. The van der Waals surface area contributed by atoms with Crippen LogP contribution >= 0.6 is 34.7 Å². The summed E-state index contributed by atoms with van der Waals surface area (Å²) < 4.78 is 2.31. The van der Waals surface area contributed by atoms with Crippen LogP contribution in [0.15, 0.2) is 10.5 Å². The molecule has 0 unspecified atom stereocenters. The zero-order valence-corrected chi connectivity index (χ0v) is 13.1. The summed E-state index contributed by atoms with van der Waals surface area (Å²) in [4.78, 5) is 11.9. The fourth-order valence-corrected chi connectivity index (χ4v) is 3.28. The minimum absolute atomic E-state index is 0.0470. The third-order valence-corrected chi connectivity index (χ3v) is 4.67. The summed E-state index contributed by atoms with van der Waals surface area (Å²) in [6, 6.07) is 0. The second-order valence-electron chi connectivity index (χ2n) is 3.91. The highest BCUT2D eigenvalue weighted by molar-refractivity contribution is 8.01. The van der Waals surface area contributed by atoms with Crippen LogP contribution in [-0.2, 0) is 6.54 Å². The van der Waals surface area contributed by atoms with Gasteiger partial charge >= 0.3 is 5.82 Å². The summed E-state index contributed by atoms with van der Waals surface area (Å²) in [5.41, 5.74) is 0. The van der Waals surface area contributed by atoms with Crippen LogP contribution in [0.1, 0.15) is 0 Å². The Morgan fingerprint density at radius 1 is 1.55 bits per heavy atom. The van der Waals surface area contributed by atoms with Crippen molar-refractivity contribution in [2.45, 2.75) is 10.9 Å². The van der Waals surface area contributed by atoms with Crippen molar-refractivity contribution in [2.75, 3.05) is 24.7 Å². The Balaban J connectivity index is 1.89. The third-order valence-electron chi connectivity index (χ3n) is 2.20. The SMILES string of the molecule is CN(C)c1nnc(SCCn2cc(Cl)c([N+](=O)[O-])n2)s1. The maximum Gasteiger partial charge on any atom is 0.408 e. The van der Waals surface area contributed by atoms with E-state index in [2.05, 4.69) is 15.3 Å². The van der Waals surface area contributed by atoms with Gasteiger partial charge < -0.3 is 15.0 Å². The lowest BCUT2D eigenvalue weighted by molar-refractivity contribution is -0.389. The summed E-state index contributed by atoms with van der Waals surface area (Å²) >= 11 is 8.73. The van der Waals surface area contributed by atoms with E-state index in [0.29, 0.717) is 12.3 Å². The first-order valence-corrected chi connectivity index (χ1v) is 7.66. The van der Waals surface area contributed by atoms with Gasteiger partial charge in [-0.3, -0.25) is 0 Å². The van der Waals surface area contributed by atoms with Crippen LogP contribution in [0.4, 0.5) is 10.9 Å². The molecule has 2 rings (SSSR count). The second kappa shape index (κ2) is 6.37. The lowest BCUT2D eigenvalue weighted by Gasteiger charge is -2.03. The van der Waals surface area contributed by atoms with Gasteiger partial charge in [0.25, 0.3) is 0 Å². The van der Waals surface area contributed by atoms with Crippen molar-refractivity contribution in [3.63, 3.8) is 0 Å². The van der Waals surface area contributed by atoms with E-state index in [-0.39, 0.29) is 10.8 Å². The van der Waals surface area contributed by atoms with Gasteiger partial charge in [0.2, 0.25) is 5.13 Å². The van der Waals surface area contributed by atoms with E-state index < -0.39 is 4.92 Å². The quantitative estimate of drug-likeness (QED) is 0.454. The first kappa shape index (κ1) is 15.0. The van der Waals surface area contributed by atoms with Gasteiger partial charge in [0, 0.05) is 19.8 Å². The molecule has 2 aromatic rings. The van der Waals surface area contributed by atoms with E-state index >= 15 is 0 Å². The Hall–Kier alpha value is -1.39. The van der Waals surface area contributed by atoms with E-state index in [0.717, 1.165) is 9.47 Å². The van der Waals surface area contributed by atoms with E-state index in [1.165, 1.54) is 34.0 Å². The van der Waals surface area contributed by atoms with Crippen LogP contribution in [-0.4, -0.2) is 44.7 Å². The molecule has 0 saturated carbocycles. The molecule has 0 aliphatic carbocycles. The van der Waals surface area contributed by atoms with Crippen molar-refractivity contribution in [3.05, 3.63) is 21.3 Å². The maximum atomic E-state index is 10.6. The Bertz CT molecular complexity index is 613. The number of hydrogen-bond donors (Lipinski definition) is 0. The number of nitrogens with zero attached hydrogens (tertiary/aromatic N) is 6. The highest BCUT2D eigenvalue weighted by Gasteiger charge is 2.18. The highest BCUT2D eigenvalue weighted by Crippen LogP contribution is 2.27. The molecule has 0 aliphatic heterocycles.